The number of amides is 1. The van der Waals surface area contributed by atoms with Gasteiger partial charge in [-0.25, -0.2) is 4.98 Å². The summed E-state index contributed by atoms with van der Waals surface area (Å²) >= 11 is 1.23. The minimum Gasteiger partial charge on any atom is -0.448 e. The number of rotatable bonds is 4. The van der Waals surface area contributed by atoms with Crippen LogP contribution in [0.2, 0.25) is 0 Å². The van der Waals surface area contributed by atoms with E-state index < -0.39 is 5.79 Å². The lowest BCUT2D eigenvalue weighted by atomic mass is 9.94. The van der Waals surface area contributed by atoms with Crippen LogP contribution in [0.25, 0.3) is 10.2 Å². The number of anilines is 1. The molecular weight excluding hydrogens is 462 g/mol. The van der Waals surface area contributed by atoms with Gasteiger partial charge in [0.2, 0.25) is 0 Å². The molecule has 1 spiro atoms. The molecule has 1 aliphatic carbocycles. The molecular formula is C27H25N3O4S. The monoisotopic (exact) mass is 487 g/mol. The molecule has 4 aromatic rings. The van der Waals surface area contributed by atoms with Crippen molar-refractivity contribution in [2.75, 3.05) is 5.32 Å². The first-order valence-electron chi connectivity index (χ1n) is 11.9. The standard InChI is InChI=1S/C27H25N3O4S/c1-16-22-24(31)29-21(14-17-8-4-2-5-9-17)30-26(22)35-23(16)25(32)28-18-10-11-19-20(15-18)34-27(33-19)12-6-3-7-13-27/h2,4-5,8-11,15H,3,6-7,12-14H2,1H3,(H,28,32)(H,29,30,31). The molecule has 6 rings (SSSR count). The first-order valence-corrected chi connectivity index (χ1v) is 12.7. The summed E-state index contributed by atoms with van der Waals surface area (Å²) in [5.74, 6) is 1.11. The molecule has 0 bridgehead atoms. The summed E-state index contributed by atoms with van der Waals surface area (Å²) in [4.78, 5) is 34.6. The number of ether oxygens (including phenoxy) is 2. The van der Waals surface area contributed by atoms with E-state index in [2.05, 4.69) is 15.3 Å². The molecule has 1 fully saturated rings. The second-order valence-electron chi connectivity index (χ2n) is 9.20. The predicted octanol–water partition coefficient (Wildman–Crippen LogP) is 5.57. The Bertz CT molecular complexity index is 1490. The van der Waals surface area contributed by atoms with Gasteiger partial charge in [-0.1, -0.05) is 36.8 Å². The molecule has 1 saturated carbocycles. The fourth-order valence-electron chi connectivity index (χ4n) is 4.93. The van der Waals surface area contributed by atoms with Crippen LogP contribution in [-0.4, -0.2) is 21.7 Å². The van der Waals surface area contributed by atoms with Gasteiger partial charge in [0, 0.05) is 31.0 Å². The van der Waals surface area contributed by atoms with Crippen LogP contribution in [0, 0.1) is 6.92 Å². The van der Waals surface area contributed by atoms with Crippen molar-refractivity contribution >= 4 is 33.1 Å². The Balaban J connectivity index is 1.24. The molecule has 35 heavy (non-hydrogen) atoms. The summed E-state index contributed by atoms with van der Waals surface area (Å²) in [5.41, 5.74) is 2.08. The summed E-state index contributed by atoms with van der Waals surface area (Å²) in [6.07, 6.45) is 5.64. The molecule has 8 heteroatoms. The van der Waals surface area contributed by atoms with Crippen molar-refractivity contribution in [3.63, 3.8) is 0 Å². The molecule has 2 N–H and O–H groups in total. The number of aryl methyl sites for hydroxylation is 1. The third kappa shape index (κ3) is 4.08. The predicted molar refractivity (Wildman–Crippen MR) is 136 cm³/mol. The quantitative estimate of drug-likeness (QED) is 0.393. The van der Waals surface area contributed by atoms with Crippen molar-refractivity contribution in [1.82, 2.24) is 9.97 Å². The summed E-state index contributed by atoms with van der Waals surface area (Å²) in [5, 5.41) is 3.41. The van der Waals surface area contributed by atoms with Gasteiger partial charge in [-0.3, -0.25) is 9.59 Å². The number of benzene rings is 2. The average molecular weight is 488 g/mol. The van der Waals surface area contributed by atoms with Crippen LogP contribution in [0.1, 0.15) is 58.7 Å². The van der Waals surface area contributed by atoms with Crippen molar-refractivity contribution in [3.05, 3.63) is 80.7 Å². The number of carbonyl (C=O) groups excluding carboxylic acids is 1. The lowest BCUT2D eigenvalue weighted by Gasteiger charge is -2.31. The van der Waals surface area contributed by atoms with E-state index in [1.165, 1.54) is 17.8 Å². The van der Waals surface area contributed by atoms with Gasteiger partial charge in [0.25, 0.3) is 17.3 Å². The van der Waals surface area contributed by atoms with Gasteiger partial charge < -0.3 is 19.8 Å². The van der Waals surface area contributed by atoms with E-state index in [0.717, 1.165) is 31.2 Å². The number of nitrogens with zero attached hydrogens (tertiary/aromatic N) is 1. The van der Waals surface area contributed by atoms with E-state index in [4.69, 9.17) is 9.47 Å². The van der Waals surface area contributed by atoms with Gasteiger partial charge in [0.15, 0.2) is 11.5 Å². The third-order valence-corrected chi connectivity index (χ3v) is 7.86. The number of H-pyrrole nitrogens is 1. The van der Waals surface area contributed by atoms with Crippen molar-refractivity contribution < 1.29 is 14.3 Å². The Morgan fingerprint density at radius 3 is 2.66 bits per heavy atom. The van der Waals surface area contributed by atoms with E-state index in [9.17, 15) is 9.59 Å². The normalized spacial score (nSPS) is 16.0. The Labute approximate surface area is 206 Å². The van der Waals surface area contributed by atoms with Gasteiger partial charge in [-0.2, -0.15) is 0 Å². The van der Waals surface area contributed by atoms with Crippen LogP contribution >= 0.6 is 11.3 Å². The number of nitrogens with one attached hydrogen (secondary N) is 2. The zero-order valence-corrected chi connectivity index (χ0v) is 20.2. The highest BCUT2D eigenvalue weighted by atomic mass is 32.1. The van der Waals surface area contributed by atoms with Crippen LogP contribution < -0.4 is 20.3 Å². The fourth-order valence-corrected chi connectivity index (χ4v) is 6.03. The van der Waals surface area contributed by atoms with E-state index in [-0.39, 0.29) is 11.5 Å². The molecule has 0 radical (unpaired) electrons. The number of carbonyl (C=O) groups is 1. The Morgan fingerprint density at radius 2 is 1.86 bits per heavy atom. The number of hydrogen-bond acceptors (Lipinski definition) is 6. The molecule has 2 aromatic carbocycles. The highest BCUT2D eigenvalue weighted by molar-refractivity contribution is 7.20. The average Bonchev–Trinajstić information content (AvgIpc) is 3.37. The van der Waals surface area contributed by atoms with E-state index >= 15 is 0 Å². The fraction of sp³-hybridized carbons (Fsp3) is 0.296. The van der Waals surface area contributed by atoms with Crippen LogP contribution in [0.5, 0.6) is 11.5 Å². The molecule has 1 aliphatic heterocycles. The molecule has 178 valence electrons. The first kappa shape index (κ1) is 21.9. The SMILES string of the molecule is Cc1c(C(=O)Nc2ccc3c(c2)OC2(CCCCC2)O3)sc2nc(Cc3ccccc3)[nH]c(=O)c12. The number of aromatic nitrogens is 2. The zero-order valence-electron chi connectivity index (χ0n) is 19.3. The molecule has 2 aromatic heterocycles. The number of thiophene rings is 1. The topological polar surface area (TPSA) is 93.3 Å². The van der Waals surface area contributed by atoms with Crippen molar-refractivity contribution in [2.24, 2.45) is 0 Å². The molecule has 0 atom stereocenters. The van der Waals surface area contributed by atoms with Gasteiger partial charge in [-0.05, 0) is 43.0 Å². The van der Waals surface area contributed by atoms with Gasteiger partial charge in [-0.15, -0.1) is 11.3 Å². The van der Waals surface area contributed by atoms with Gasteiger partial charge in [0.05, 0.1) is 10.3 Å². The molecule has 3 heterocycles. The Hall–Kier alpha value is -3.65. The maximum Gasteiger partial charge on any atom is 0.266 e. The summed E-state index contributed by atoms with van der Waals surface area (Å²) in [6.45, 7) is 1.79. The van der Waals surface area contributed by atoms with Crippen molar-refractivity contribution in [1.29, 1.82) is 0 Å². The van der Waals surface area contributed by atoms with Crippen LogP contribution in [0.4, 0.5) is 5.69 Å². The molecule has 1 amide bonds. The molecule has 2 aliphatic rings. The minimum absolute atomic E-state index is 0.227. The molecule has 0 unspecified atom stereocenters. The molecule has 0 saturated heterocycles. The number of aromatic amines is 1. The smallest absolute Gasteiger partial charge is 0.266 e. The number of fused-ring (bicyclic) bond motifs is 2. The van der Waals surface area contributed by atoms with E-state index in [1.807, 2.05) is 48.5 Å². The Morgan fingerprint density at radius 1 is 1.09 bits per heavy atom. The maximum absolute atomic E-state index is 13.2. The highest BCUT2D eigenvalue weighted by Crippen LogP contribution is 2.46. The minimum atomic E-state index is -0.560. The third-order valence-electron chi connectivity index (χ3n) is 6.68. The van der Waals surface area contributed by atoms with Crippen molar-refractivity contribution in [3.8, 4) is 11.5 Å². The van der Waals surface area contributed by atoms with E-state index in [1.54, 1.807) is 6.92 Å². The summed E-state index contributed by atoms with van der Waals surface area (Å²) in [6, 6.07) is 15.3. The lowest BCUT2D eigenvalue weighted by Crippen LogP contribution is -2.40. The Kier molecular flexibility index (Phi) is 5.33. The van der Waals surface area contributed by atoms with Gasteiger partial charge in [0.1, 0.15) is 10.7 Å². The second kappa shape index (κ2) is 8.53. The van der Waals surface area contributed by atoms with E-state index in [0.29, 0.717) is 50.1 Å². The van der Waals surface area contributed by atoms with Crippen molar-refractivity contribution in [2.45, 2.75) is 51.2 Å². The summed E-state index contributed by atoms with van der Waals surface area (Å²) in [7, 11) is 0. The molecule has 7 nitrogen and oxygen atoms in total. The largest absolute Gasteiger partial charge is 0.448 e. The second-order valence-corrected chi connectivity index (χ2v) is 10.2. The number of hydrogen-bond donors (Lipinski definition) is 2. The maximum atomic E-state index is 13.2. The zero-order chi connectivity index (χ0) is 24.0. The first-order chi connectivity index (χ1) is 17.0. The van der Waals surface area contributed by atoms with Gasteiger partial charge >= 0.3 is 0 Å². The highest BCUT2D eigenvalue weighted by Gasteiger charge is 2.42. The van der Waals surface area contributed by atoms with Crippen LogP contribution in [0.15, 0.2) is 53.3 Å². The lowest BCUT2D eigenvalue weighted by molar-refractivity contribution is -0.105. The van der Waals surface area contributed by atoms with Crippen LogP contribution in [0.3, 0.4) is 0 Å². The summed E-state index contributed by atoms with van der Waals surface area (Å²) < 4.78 is 12.3. The van der Waals surface area contributed by atoms with Crippen LogP contribution in [-0.2, 0) is 6.42 Å².